The molecule has 0 aliphatic heterocycles. The standard InChI is InChI=1S/2C13H9F17N2O5S.2Na/c2*14-6(15,8(18,19)10(22,23)12(26,27)28)7(16,17)9(20,21)11(24,25)13(29,30)38(36,37)32-3(5(34)35)1-2-4(31)33;;/h2*3,32H,1-2H2,(H2,31,33)(H,34,35);;/q;;2*+1/p-2/t2*3-;;/m00../s1. The summed E-state index contributed by atoms with van der Waals surface area (Å²) in [4.78, 5) is 42.5. The fraction of sp³-hybridized carbons (Fsp3) is 0.846. The molecule has 2 amide bonds. The Labute approximate surface area is 449 Å². The van der Waals surface area contributed by atoms with Crippen LogP contribution in [0.5, 0.6) is 0 Å². The van der Waals surface area contributed by atoms with Gasteiger partial charge < -0.3 is 31.3 Å². The number of carboxylic acid groups (broad SMARTS) is 2. The van der Waals surface area contributed by atoms with Crippen LogP contribution in [0.25, 0.3) is 0 Å². The van der Waals surface area contributed by atoms with Crippen LogP contribution in [0.15, 0.2) is 0 Å². The number of carbonyl (C=O) groups excluding carboxylic acids is 4. The van der Waals surface area contributed by atoms with Crippen molar-refractivity contribution in [2.24, 2.45) is 11.5 Å². The molecule has 452 valence electrons. The molecule has 2 atom stereocenters. The first-order valence-electron chi connectivity index (χ1n) is 16.9. The van der Waals surface area contributed by atoms with Crippen molar-refractivity contribution in [2.45, 2.75) is 132 Å². The van der Waals surface area contributed by atoms with Crippen molar-refractivity contribution in [3.05, 3.63) is 0 Å². The maximum atomic E-state index is 13.9. The molecule has 0 aliphatic rings. The van der Waals surface area contributed by atoms with Gasteiger partial charge in [-0.2, -0.15) is 149 Å². The molecule has 52 heteroatoms. The smallest absolute Gasteiger partial charge is 0.548 e. The summed E-state index contributed by atoms with van der Waals surface area (Å²) in [6.45, 7) is 0. The number of amides is 2. The fourth-order valence-corrected chi connectivity index (χ4v) is 6.59. The van der Waals surface area contributed by atoms with E-state index in [0.29, 0.717) is 0 Å². The normalized spacial score (nSPS) is 15.9. The minimum absolute atomic E-state index is 0. The molecule has 0 aromatic rings. The van der Waals surface area contributed by atoms with Crippen molar-refractivity contribution in [2.75, 3.05) is 0 Å². The molecule has 0 fully saturated rings. The summed E-state index contributed by atoms with van der Waals surface area (Å²) in [6.07, 6.45) is -21.7. The van der Waals surface area contributed by atoms with Crippen molar-refractivity contribution >= 4 is 43.8 Å². The SMILES string of the molecule is NC(=O)CC[C@H](NS(=O)(=O)C(F)(F)C(F)(F)C(F)(F)C(F)(F)C(F)(F)C(F)(F)C(F)(F)C(F)(F)F)C(=O)[O-].NC(=O)CC[C@H](NS(=O)(=O)C(F)(F)C(F)(F)C(F)(F)C(F)(F)C(F)(F)C(F)(F)C(F)(F)C(F)(F)F)C(=O)[O-].[Na+].[Na+]. The van der Waals surface area contributed by atoms with Gasteiger partial charge in [-0.1, -0.05) is 0 Å². The summed E-state index contributed by atoms with van der Waals surface area (Å²) in [7, 11) is -15.7. The van der Waals surface area contributed by atoms with E-state index in [0.717, 1.165) is 0 Å². The quantitative estimate of drug-likeness (QED) is 0.0577. The number of rotatable bonds is 26. The van der Waals surface area contributed by atoms with E-state index in [-0.39, 0.29) is 68.6 Å². The largest absolute Gasteiger partial charge is 1.00 e. The van der Waals surface area contributed by atoms with E-state index in [4.69, 9.17) is 0 Å². The zero-order valence-electron chi connectivity index (χ0n) is 35.9. The Kier molecular flexibility index (Phi) is 25.1. The summed E-state index contributed by atoms with van der Waals surface area (Å²) in [5.41, 5.74) is 8.92. The number of hydrogen-bond donors (Lipinski definition) is 4. The molecule has 0 aromatic carbocycles. The van der Waals surface area contributed by atoms with Crippen LogP contribution < -0.4 is 90.2 Å². The third-order valence-electron chi connectivity index (χ3n) is 8.58. The number of primary amides is 2. The Bertz CT molecular complexity index is 2220. The van der Waals surface area contributed by atoms with Gasteiger partial charge in [0, 0.05) is 12.8 Å². The summed E-state index contributed by atoms with van der Waals surface area (Å²) >= 11 is 0. The molecule has 0 radical (unpaired) electrons. The molecule has 0 bridgehead atoms. The van der Waals surface area contributed by atoms with Crippen LogP contribution >= 0.6 is 0 Å². The molecule has 0 spiro atoms. The van der Waals surface area contributed by atoms with Crippen LogP contribution in [0.1, 0.15) is 25.7 Å². The minimum atomic E-state index is -9.03. The second-order valence-electron chi connectivity index (χ2n) is 13.9. The maximum absolute atomic E-state index is 13.9. The van der Waals surface area contributed by atoms with Gasteiger partial charge >= 0.3 is 153 Å². The average molecular weight is 1300 g/mol. The number of nitrogens with one attached hydrogen (secondary N) is 2. The van der Waals surface area contributed by atoms with Crippen LogP contribution in [-0.4, -0.2) is 147 Å². The van der Waals surface area contributed by atoms with E-state index < -0.39 is 175 Å². The van der Waals surface area contributed by atoms with Crippen molar-refractivity contribution in [3.8, 4) is 0 Å². The van der Waals surface area contributed by atoms with Gasteiger partial charge in [0.2, 0.25) is 11.8 Å². The van der Waals surface area contributed by atoms with Gasteiger partial charge in [0.25, 0.3) is 20.0 Å². The van der Waals surface area contributed by atoms with Gasteiger partial charge in [0.15, 0.2) is 0 Å². The second kappa shape index (κ2) is 23.9. The molecule has 0 unspecified atom stereocenters. The molecule has 0 heterocycles. The van der Waals surface area contributed by atoms with E-state index in [1.165, 1.54) is 0 Å². The molecule has 0 rings (SSSR count). The summed E-state index contributed by atoms with van der Waals surface area (Å²) in [5, 5.41) is 5.50. The van der Waals surface area contributed by atoms with E-state index in [1.807, 2.05) is 0 Å². The third-order valence-corrected chi connectivity index (χ3v) is 11.6. The summed E-state index contributed by atoms with van der Waals surface area (Å²) in [5.74, 6) is -114. The van der Waals surface area contributed by atoms with Gasteiger partial charge in [0.1, 0.15) is 0 Å². The van der Waals surface area contributed by atoms with E-state index in [9.17, 15) is 196 Å². The van der Waals surface area contributed by atoms with Gasteiger partial charge in [-0.05, 0) is 12.8 Å². The maximum Gasteiger partial charge on any atom is 1.00 e. The molecular formula is C26H16F34N4Na2O10S2. The van der Waals surface area contributed by atoms with Crippen molar-refractivity contribution < 1.29 is 255 Å². The molecule has 0 saturated heterocycles. The van der Waals surface area contributed by atoms with Crippen LogP contribution in [0.2, 0.25) is 0 Å². The third kappa shape index (κ3) is 13.4. The number of halogens is 34. The Balaban J connectivity index is -0.000000684. The van der Waals surface area contributed by atoms with Crippen LogP contribution in [0.4, 0.5) is 149 Å². The van der Waals surface area contributed by atoms with Crippen molar-refractivity contribution in [1.29, 1.82) is 0 Å². The summed E-state index contributed by atoms with van der Waals surface area (Å²) in [6, 6.07) is -6.58. The van der Waals surface area contributed by atoms with Crippen LogP contribution in [-0.2, 0) is 39.2 Å². The summed E-state index contributed by atoms with van der Waals surface area (Å²) < 4.78 is 494. The molecule has 0 aliphatic carbocycles. The van der Waals surface area contributed by atoms with E-state index >= 15 is 0 Å². The van der Waals surface area contributed by atoms with E-state index in [2.05, 4.69) is 11.5 Å². The van der Waals surface area contributed by atoms with Crippen molar-refractivity contribution in [3.63, 3.8) is 0 Å². The Morgan fingerprint density at radius 3 is 0.628 bits per heavy atom. The number of carbonyl (C=O) groups is 4. The number of carboxylic acids is 2. The van der Waals surface area contributed by atoms with Gasteiger partial charge in [-0.3, -0.25) is 9.59 Å². The minimum Gasteiger partial charge on any atom is -0.548 e. The van der Waals surface area contributed by atoms with Gasteiger partial charge in [-0.15, -0.1) is 0 Å². The predicted octanol–water partition coefficient (Wildman–Crippen LogP) is -1.48. The van der Waals surface area contributed by atoms with Crippen LogP contribution in [0.3, 0.4) is 0 Å². The van der Waals surface area contributed by atoms with Crippen LogP contribution in [0, 0.1) is 0 Å². The molecule has 6 N–H and O–H groups in total. The molecule has 78 heavy (non-hydrogen) atoms. The zero-order chi connectivity index (χ0) is 62.7. The fourth-order valence-electron chi connectivity index (χ4n) is 4.18. The first kappa shape index (κ1) is 81.8. The monoisotopic (exact) mass is 1300 g/mol. The Hall–Kier alpha value is -2.68. The average Bonchev–Trinajstić information content (AvgIpc) is 3.18. The van der Waals surface area contributed by atoms with Gasteiger partial charge in [0.05, 0.1) is 24.0 Å². The Morgan fingerprint density at radius 1 is 0.333 bits per heavy atom. The number of alkyl halides is 34. The molecule has 0 saturated carbocycles. The van der Waals surface area contributed by atoms with E-state index in [1.54, 1.807) is 0 Å². The molecular weight excluding hydrogens is 1280 g/mol. The first-order chi connectivity index (χ1) is 32.4. The number of hydrogen-bond acceptors (Lipinski definition) is 10. The molecule has 14 nitrogen and oxygen atoms in total. The zero-order valence-corrected chi connectivity index (χ0v) is 41.5. The number of aliphatic carboxylic acids is 2. The Morgan fingerprint density at radius 2 is 0.487 bits per heavy atom. The van der Waals surface area contributed by atoms with Gasteiger partial charge in [-0.25, -0.2) is 26.3 Å². The number of sulfonamides is 2. The first-order valence-corrected chi connectivity index (χ1v) is 19.9. The second-order valence-corrected chi connectivity index (χ2v) is 17.4. The van der Waals surface area contributed by atoms with Crippen molar-refractivity contribution in [1.82, 2.24) is 9.44 Å². The predicted molar refractivity (Wildman–Crippen MR) is 160 cm³/mol. The molecule has 0 aromatic heterocycles. The topological polar surface area (TPSA) is 259 Å². The number of nitrogens with two attached hydrogens (primary N) is 2.